The van der Waals surface area contributed by atoms with Gasteiger partial charge < -0.3 is 19.6 Å². The van der Waals surface area contributed by atoms with Gasteiger partial charge in [-0.25, -0.2) is 9.78 Å². The predicted octanol–water partition coefficient (Wildman–Crippen LogP) is 4.51. The molecule has 136 valence electrons. The van der Waals surface area contributed by atoms with E-state index in [1.807, 2.05) is 36.6 Å². The summed E-state index contributed by atoms with van der Waals surface area (Å²) in [4.78, 5) is 16.5. The highest BCUT2D eigenvalue weighted by atomic mass is 32.1. The molecular weight excluding hydrogens is 364 g/mol. The summed E-state index contributed by atoms with van der Waals surface area (Å²) in [7, 11) is 0. The first-order valence-corrected chi connectivity index (χ1v) is 9.11. The maximum atomic E-state index is 12.5. The lowest BCUT2D eigenvalue weighted by molar-refractivity contribution is 0.301. The zero-order valence-corrected chi connectivity index (χ0v) is 15.3. The van der Waals surface area contributed by atoms with E-state index >= 15 is 0 Å². The molecule has 0 unspecified atom stereocenters. The Kier molecular flexibility index (Phi) is 4.52. The first-order valence-electron chi connectivity index (χ1n) is 8.23. The highest BCUT2D eigenvalue weighted by Gasteiger charge is 2.14. The van der Waals surface area contributed by atoms with Crippen LogP contribution in [0.5, 0.6) is 16.7 Å². The van der Waals surface area contributed by atoms with Crippen LogP contribution in [-0.2, 0) is 6.61 Å². The molecule has 6 nitrogen and oxygen atoms in total. The number of anilines is 1. The molecular formula is C20H16N2O4S. The second-order valence-electron chi connectivity index (χ2n) is 5.88. The Morgan fingerprint density at radius 3 is 2.85 bits per heavy atom. The lowest BCUT2D eigenvalue weighted by Gasteiger charge is -2.11. The number of nitrogens with two attached hydrogens (primary N) is 1. The van der Waals surface area contributed by atoms with Crippen LogP contribution in [0.3, 0.4) is 0 Å². The Balaban J connectivity index is 1.64. The smallest absolute Gasteiger partial charge is 0.343 e. The summed E-state index contributed by atoms with van der Waals surface area (Å²) in [5, 5.41) is 3.17. The first-order chi connectivity index (χ1) is 13.1. The van der Waals surface area contributed by atoms with Crippen molar-refractivity contribution in [3.8, 4) is 16.7 Å². The zero-order valence-electron chi connectivity index (χ0n) is 14.5. The van der Waals surface area contributed by atoms with Gasteiger partial charge >= 0.3 is 5.63 Å². The van der Waals surface area contributed by atoms with Gasteiger partial charge in [-0.3, -0.25) is 0 Å². The molecule has 0 aliphatic carbocycles. The van der Waals surface area contributed by atoms with Crippen LogP contribution in [0.4, 0.5) is 5.69 Å². The molecule has 0 saturated heterocycles. The first kappa shape index (κ1) is 17.1. The third kappa shape index (κ3) is 3.50. The molecule has 0 bridgehead atoms. The highest BCUT2D eigenvalue weighted by Crippen LogP contribution is 2.29. The fraction of sp³-hybridized carbons (Fsp3) is 0.100. The number of nitrogens with zero attached hydrogens (tertiary/aromatic N) is 1. The molecule has 2 N–H and O–H groups in total. The van der Waals surface area contributed by atoms with E-state index in [1.54, 1.807) is 24.4 Å². The minimum Gasteiger partial charge on any atom is -0.486 e. The number of ether oxygens (including phenoxy) is 2. The van der Waals surface area contributed by atoms with Crippen LogP contribution >= 0.6 is 11.3 Å². The summed E-state index contributed by atoms with van der Waals surface area (Å²) in [5.41, 5.74) is 7.67. The summed E-state index contributed by atoms with van der Waals surface area (Å²) in [6.45, 7) is 1.95. The fourth-order valence-electron chi connectivity index (χ4n) is 2.73. The molecule has 0 aliphatic heterocycles. The van der Waals surface area contributed by atoms with Gasteiger partial charge in [-0.15, -0.1) is 0 Å². The lowest BCUT2D eigenvalue weighted by Crippen LogP contribution is -2.13. The van der Waals surface area contributed by atoms with E-state index in [9.17, 15) is 4.79 Å². The lowest BCUT2D eigenvalue weighted by atomic mass is 10.1. The Hall–Kier alpha value is -3.32. The molecule has 2 heterocycles. The third-order valence-corrected chi connectivity index (χ3v) is 4.81. The van der Waals surface area contributed by atoms with E-state index in [1.165, 1.54) is 11.3 Å². The number of hydrogen-bond donors (Lipinski definition) is 1. The van der Waals surface area contributed by atoms with Gasteiger partial charge in [0.25, 0.3) is 5.19 Å². The van der Waals surface area contributed by atoms with Crippen LogP contribution in [-0.4, -0.2) is 4.98 Å². The molecule has 4 rings (SSSR count). The molecule has 2 aromatic carbocycles. The van der Waals surface area contributed by atoms with Crippen molar-refractivity contribution in [2.45, 2.75) is 13.5 Å². The molecule has 0 saturated carbocycles. The topological polar surface area (TPSA) is 87.6 Å². The van der Waals surface area contributed by atoms with E-state index < -0.39 is 5.63 Å². The number of rotatable bonds is 5. The largest absolute Gasteiger partial charge is 0.486 e. The van der Waals surface area contributed by atoms with Crippen LogP contribution in [0.25, 0.3) is 11.0 Å². The van der Waals surface area contributed by atoms with Gasteiger partial charge in [0, 0.05) is 23.0 Å². The number of nitrogen functional groups attached to an aromatic ring is 1. The zero-order chi connectivity index (χ0) is 18.8. The molecule has 0 atom stereocenters. The standard InChI is InChI=1S/C20H16N2O4S/c1-12-14-7-6-13(25-20-22-8-9-27-20)10-18(14)26-19(23)15(12)11-24-17-5-3-2-4-16(17)21/h2-10H,11,21H2,1H3. The van der Waals surface area contributed by atoms with Crippen LogP contribution in [0.1, 0.15) is 11.1 Å². The SMILES string of the molecule is Cc1c(COc2ccccc2N)c(=O)oc2cc(Oc3nccs3)ccc12. The van der Waals surface area contributed by atoms with Gasteiger partial charge in [0.05, 0.1) is 11.3 Å². The average Bonchev–Trinajstić information content (AvgIpc) is 3.16. The van der Waals surface area contributed by atoms with Gasteiger partial charge in [0.15, 0.2) is 0 Å². The van der Waals surface area contributed by atoms with Crippen molar-refractivity contribution in [1.29, 1.82) is 0 Å². The number of aryl methyl sites for hydroxylation is 1. The van der Waals surface area contributed by atoms with Crippen molar-refractivity contribution < 1.29 is 13.9 Å². The second kappa shape index (κ2) is 7.13. The summed E-state index contributed by atoms with van der Waals surface area (Å²) in [6.07, 6.45) is 1.66. The number of para-hydroxylation sites is 2. The number of hydrogen-bond acceptors (Lipinski definition) is 7. The fourth-order valence-corrected chi connectivity index (χ4v) is 3.23. The molecule has 0 aliphatic rings. The predicted molar refractivity (Wildman–Crippen MR) is 105 cm³/mol. The summed E-state index contributed by atoms with van der Waals surface area (Å²) in [6, 6.07) is 12.5. The molecule has 0 amide bonds. The molecule has 0 spiro atoms. The molecule has 27 heavy (non-hydrogen) atoms. The number of fused-ring (bicyclic) bond motifs is 1. The van der Waals surface area contributed by atoms with Crippen molar-refractivity contribution in [2.24, 2.45) is 0 Å². The Morgan fingerprint density at radius 1 is 1.22 bits per heavy atom. The van der Waals surface area contributed by atoms with E-state index in [2.05, 4.69) is 4.98 Å². The number of aromatic nitrogens is 1. The van der Waals surface area contributed by atoms with Gasteiger partial charge in [-0.05, 0) is 36.8 Å². The summed E-state index contributed by atoms with van der Waals surface area (Å²) in [5.74, 6) is 1.09. The van der Waals surface area contributed by atoms with Crippen LogP contribution in [0.2, 0.25) is 0 Å². The third-order valence-electron chi connectivity index (χ3n) is 4.16. The number of thiazole rings is 1. The van der Waals surface area contributed by atoms with Gasteiger partial charge in [0.2, 0.25) is 0 Å². The van der Waals surface area contributed by atoms with E-state index in [0.29, 0.717) is 33.5 Å². The van der Waals surface area contributed by atoms with Gasteiger partial charge in [0.1, 0.15) is 23.7 Å². The van der Waals surface area contributed by atoms with Crippen molar-refractivity contribution in [3.05, 3.63) is 75.6 Å². The van der Waals surface area contributed by atoms with E-state index in [-0.39, 0.29) is 6.61 Å². The molecule has 4 aromatic rings. The Labute approximate surface area is 158 Å². The minimum atomic E-state index is -0.444. The van der Waals surface area contributed by atoms with Crippen molar-refractivity contribution in [1.82, 2.24) is 4.98 Å². The van der Waals surface area contributed by atoms with Crippen LogP contribution in [0, 0.1) is 6.92 Å². The summed E-state index contributed by atoms with van der Waals surface area (Å²) >= 11 is 1.39. The van der Waals surface area contributed by atoms with E-state index in [4.69, 9.17) is 19.6 Å². The molecule has 0 radical (unpaired) electrons. The maximum absolute atomic E-state index is 12.5. The van der Waals surface area contributed by atoms with E-state index in [0.717, 1.165) is 10.9 Å². The van der Waals surface area contributed by atoms with Crippen LogP contribution in [0.15, 0.2) is 63.3 Å². The summed E-state index contributed by atoms with van der Waals surface area (Å²) < 4.78 is 16.9. The quantitative estimate of drug-likeness (QED) is 0.405. The van der Waals surface area contributed by atoms with Crippen molar-refractivity contribution in [3.63, 3.8) is 0 Å². The average molecular weight is 380 g/mol. The highest BCUT2D eigenvalue weighted by molar-refractivity contribution is 7.11. The molecule has 7 heteroatoms. The van der Waals surface area contributed by atoms with Crippen molar-refractivity contribution in [2.75, 3.05) is 5.73 Å². The number of benzene rings is 2. The Morgan fingerprint density at radius 2 is 2.07 bits per heavy atom. The monoisotopic (exact) mass is 380 g/mol. The molecule has 2 aromatic heterocycles. The Bertz CT molecular complexity index is 1150. The minimum absolute atomic E-state index is 0.0791. The normalized spacial score (nSPS) is 10.9. The van der Waals surface area contributed by atoms with Crippen LogP contribution < -0.4 is 20.8 Å². The van der Waals surface area contributed by atoms with Gasteiger partial charge in [-0.1, -0.05) is 23.5 Å². The van der Waals surface area contributed by atoms with Crippen molar-refractivity contribution >= 4 is 28.0 Å². The maximum Gasteiger partial charge on any atom is 0.343 e. The van der Waals surface area contributed by atoms with Gasteiger partial charge in [-0.2, -0.15) is 0 Å². The second-order valence-corrected chi connectivity index (χ2v) is 6.73. The molecule has 0 fully saturated rings.